The van der Waals surface area contributed by atoms with Crippen molar-refractivity contribution in [2.45, 2.75) is 26.0 Å². The summed E-state index contributed by atoms with van der Waals surface area (Å²) in [5.74, 6) is 0.0827. The minimum absolute atomic E-state index is 0.0315. The van der Waals surface area contributed by atoms with E-state index in [1.807, 2.05) is 53.4 Å². The van der Waals surface area contributed by atoms with Gasteiger partial charge in [-0.3, -0.25) is 4.79 Å². The molecule has 3 rings (SSSR count). The molecule has 1 heterocycles. The molecule has 0 saturated carbocycles. The molecule has 1 aliphatic heterocycles. The van der Waals surface area contributed by atoms with Gasteiger partial charge in [-0.05, 0) is 30.4 Å². The average molecular weight is 353 g/mol. The molecular weight excluding hydrogens is 326 g/mol. The van der Waals surface area contributed by atoms with Gasteiger partial charge in [0.25, 0.3) is 0 Å². The van der Waals surface area contributed by atoms with Crippen LogP contribution in [0.5, 0.6) is 0 Å². The number of likely N-dealkylation sites (tertiary alicyclic amines) is 1. The van der Waals surface area contributed by atoms with Crippen LogP contribution < -0.4 is 0 Å². The number of nitrogens with zero attached hydrogens (tertiary/aromatic N) is 1. The molecule has 3 unspecified atom stereocenters. The molecular formula is C22H27NO3. The first-order valence-electron chi connectivity index (χ1n) is 9.28. The van der Waals surface area contributed by atoms with E-state index in [1.54, 1.807) is 0 Å². The van der Waals surface area contributed by atoms with E-state index >= 15 is 0 Å². The van der Waals surface area contributed by atoms with Crippen LogP contribution in [0.3, 0.4) is 0 Å². The normalized spacial score (nSPS) is 21.2. The van der Waals surface area contributed by atoms with Crippen molar-refractivity contribution in [3.63, 3.8) is 0 Å². The quantitative estimate of drug-likeness (QED) is 0.791. The maximum absolute atomic E-state index is 13.0. The average Bonchev–Trinajstić information content (AvgIpc) is 2.99. The molecule has 0 spiro atoms. The van der Waals surface area contributed by atoms with Gasteiger partial charge in [0, 0.05) is 13.2 Å². The molecule has 0 aliphatic carbocycles. The fourth-order valence-corrected chi connectivity index (χ4v) is 3.69. The van der Waals surface area contributed by atoms with Gasteiger partial charge in [0.2, 0.25) is 5.91 Å². The van der Waals surface area contributed by atoms with Gasteiger partial charge in [-0.1, -0.05) is 60.7 Å². The Morgan fingerprint density at radius 2 is 1.77 bits per heavy atom. The van der Waals surface area contributed by atoms with Crippen LogP contribution in [-0.2, 0) is 16.1 Å². The third kappa shape index (κ3) is 4.32. The van der Waals surface area contributed by atoms with Crippen molar-refractivity contribution < 1.29 is 14.6 Å². The summed E-state index contributed by atoms with van der Waals surface area (Å²) in [7, 11) is 0. The lowest BCUT2D eigenvalue weighted by Gasteiger charge is -2.25. The molecule has 2 aromatic carbocycles. The van der Waals surface area contributed by atoms with Crippen molar-refractivity contribution >= 4 is 5.91 Å². The molecule has 0 radical (unpaired) electrons. The molecule has 2 aromatic rings. The molecule has 4 nitrogen and oxygen atoms in total. The Balaban J connectivity index is 1.64. The lowest BCUT2D eigenvalue weighted by atomic mass is 9.93. The van der Waals surface area contributed by atoms with E-state index in [4.69, 9.17) is 4.74 Å². The zero-order chi connectivity index (χ0) is 18.4. The molecule has 0 aromatic heterocycles. The van der Waals surface area contributed by atoms with E-state index in [0.29, 0.717) is 26.2 Å². The van der Waals surface area contributed by atoms with Crippen LogP contribution in [0.25, 0.3) is 0 Å². The number of ether oxygens (including phenoxy) is 1. The summed E-state index contributed by atoms with van der Waals surface area (Å²) >= 11 is 0. The monoisotopic (exact) mass is 353 g/mol. The molecule has 0 bridgehead atoms. The molecule has 1 aliphatic rings. The standard InChI is InChI=1S/C22H27NO3/c1-17(19-10-6-3-7-11-19)23-14-20(12-13-24)21(22(23)25)16-26-15-18-8-4-2-5-9-18/h2-11,17,20-21,24H,12-16H2,1H3. The van der Waals surface area contributed by atoms with Crippen LogP contribution in [0.2, 0.25) is 0 Å². The first-order chi connectivity index (χ1) is 12.7. The number of rotatable bonds is 8. The van der Waals surface area contributed by atoms with E-state index in [9.17, 15) is 9.90 Å². The van der Waals surface area contributed by atoms with Crippen LogP contribution in [0.1, 0.15) is 30.5 Å². The Labute approximate surface area is 155 Å². The van der Waals surface area contributed by atoms with E-state index in [0.717, 1.165) is 11.1 Å². The Kier molecular flexibility index (Phi) is 6.42. The molecule has 1 amide bonds. The number of carbonyl (C=O) groups is 1. The third-order valence-electron chi connectivity index (χ3n) is 5.26. The predicted octanol–water partition coefficient (Wildman–Crippen LogP) is 3.42. The lowest BCUT2D eigenvalue weighted by molar-refractivity contribution is -0.134. The molecule has 26 heavy (non-hydrogen) atoms. The van der Waals surface area contributed by atoms with Crippen LogP contribution >= 0.6 is 0 Å². The zero-order valence-corrected chi connectivity index (χ0v) is 15.3. The fraction of sp³-hybridized carbons (Fsp3) is 0.409. The van der Waals surface area contributed by atoms with Crippen LogP contribution in [0.15, 0.2) is 60.7 Å². The first kappa shape index (κ1) is 18.6. The van der Waals surface area contributed by atoms with Gasteiger partial charge >= 0.3 is 0 Å². The van der Waals surface area contributed by atoms with Crippen molar-refractivity contribution in [1.82, 2.24) is 4.90 Å². The lowest BCUT2D eigenvalue weighted by Crippen LogP contribution is -2.31. The molecule has 1 N–H and O–H groups in total. The predicted molar refractivity (Wildman–Crippen MR) is 101 cm³/mol. The van der Waals surface area contributed by atoms with Crippen molar-refractivity contribution in [3.05, 3.63) is 71.8 Å². The summed E-state index contributed by atoms with van der Waals surface area (Å²) in [6, 6.07) is 20.1. The highest BCUT2D eigenvalue weighted by molar-refractivity contribution is 5.82. The first-order valence-corrected chi connectivity index (χ1v) is 9.28. The third-order valence-corrected chi connectivity index (χ3v) is 5.26. The van der Waals surface area contributed by atoms with E-state index in [2.05, 4.69) is 19.1 Å². The Bertz CT molecular complexity index is 689. The maximum Gasteiger partial charge on any atom is 0.228 e. The van der Waals surface area contributed by atoms with Gasteiger partial charge in [0.15, 0.2) is 0 Å². The Hall–Kier alpha value is -2.17. The maximum atomic E-state index is 13.0. The van der Waals surface area contributed by atoms with Crippen molar-refractivity contribution in [2.75, 3.05) is 19.8 Å². The Morgan fingerprint density at radius 1 is 1.12 bits per heavy atom. The molecule has 3 atom stereocenters. The fourth-order valence-electron chi connectivity index (χ4n) is 3.69. The highest BCUT2D eigenvalue weighted by atomic mass is 16.5. The number of carbonyl (C=O) groups excluding carboxylic acids is 1. The van der Waals surface area contributed by atoms with E-state index in [-0.39, 0.29) is 30.4 Å². The second-order valence-corrected chi connectivity index (χ2v) is 6.96. The van der Waals surface area contributed by atoms with Gasteiger partial charge in [0.1, 0.15) is 0 Å². The van der Waals surface area contributed by atoms with Gasteiger partial charge < -0.3 is 14.7 Å². The van der Waals surface area contributed by atoms with E-state index in [1.165, 1.54) is 0 Å². The van der Waals surface area contributed by atoms with Gasteiger partial charge in [-0.15, -0.1) is 0 Å². The smallest absolute Gasteiger partial charge is 0.228 e. The summed E-state index contributed by atoms with van der Waals surface area (Å²) < 4.78 is 5.86. The van der Waals surface area contributed by atoms with Crippen LogP contribution in [-0.4, -0.2) is 35.7 Å². The number of aliphatic hydroxyl groups excluding tert-OH is 1. The highest BCUT2D eigenvalue weighted by Crippen LogP contribution is 2.34. The largest absolute Gasteiger partial charge is 0.396 e. The summed E-state index contributed by atoms with van der Waals surface area (Å²) in [6.07, 6.45) is 0.628. The molecule has 4 heteroatoms. The number of amides is 1. The van der Waals surface area contributed by atoms with Crippen LogP contribution in [0, 0.1) is 11.8 Å². The summed E-state index contributed by atoms with van der Waals surface area (Å²) in [6.45, 7) is 3.74. The van der Waals surface area contributed by atoms with E-state index < -0.39 is 0 Å². The zero-order valence-electron chi connectivity index (χ0n) is 15.3. The van der Waals surface area contributed by atoms with Crippen molar-refractivity contribution in [3.8, 4) is 0 Å². The van der Waals surface area contributed by atoms with Crippen molar-refractivity contribution in [1.29, 1.82) is 0 Å². The topological polar surface area (TPSA) is 49.8 Å². The number of hydrogen-bond acceptors (Lipinski definition) is 3. The SMILES string of the molecule is CC(c1ccccc1)N1CC(CCO)C(COCc2ccccc2)C1=O. The minimum Gasteiger partial charge on any atom is -0.396 e. The van der Waals surface area contributed by atoms with Gasteiger partial charge in [-0.25, -0.2) is 0 Å². The second kappa shape index (κ2) is 8.97. The Morgan fingerprint density at radius 3 is 2.42 bits per heavy atom. The van der Waals surface area contributed by atoms with Gasteiger partial charge in [0.05, 0.1) is 25.2 Å². The minimum atomic E-state index is -0.183. The van der Waals surface area contributed by atoms with Crippen LogP contribution in [0.4, 0.5) is 0 Å². The number of hydrogen-bond donors (Lipinski definition) is 1. The molecule has 1 fully saturated rings. The summed E-state index contributed by atoms with van der Waals surface area (Å²) in [4.78, 5) is 14.9. The molecule has 138 valence electrons. The van der Waals surface area contributed by atoms with Crippen molar-refractivity contribution in [2.24, 2.45) is 11.8 Å². The number of aliphatic hydroxyl groups is 1. The highest BCUT2D eigenvalue weighted by Gasteiger charge is 2.42. The number of benzene rings is 2. The molecule has 1 saturated heterocycles. The summed E-state index contributed by atoms with van der Waals surface area (Å²) in [5.41, 5.74) is 2.24. The van der Waals surface area contributed by atoms with Gasteiger partial charge in [-0.2, -0.15) is 0 Å². The second-order valence-electron chi connectivity index (χ2n) is 6.96. The summed E-state index contributed by atoms with van der Waals surface area (Å²) in [5, 5.41) is 9.41.